The van der Waals surface area contributed by atoms with E-state index in [9.17, 15) is 8.42 Å². The first-order valence-corrected chi connectivity index (χ1v) is 6.37. The van der Waals surface area contributed by atoms with Gasteiger partial charge in [-0.3, -0.25) is 5.43 Å². The molecule has 0 unspecified atom stereocenters. The number of sulfonamides is 1. The fourth-order valence-corrected chi connectivity index (χ4v) is 2.08. The molecule has 0 aliphatic rings. The Labute approximate surface area is 99.1 Å². The standard InChI is InChI=1S/C7H13N5O2S2/c1-3-12-4-6(9-5(12)2)16(13,14)11-10-7(8)15/h4,11H,3H2,1-2H3,(H3,8,10,15). The van der Waals surface area contributed by atoms with Gasteiger partial charge in [0.15, 0.2) is 10.1 Å². The summed E-state index contributed by atoms with van der Waals surface area (Å²) >= 11 is 4.48. The fraction of sp³-hybridized carbons (Fsp3) is 0.429. The summed E-state index contributed by atoms with van der Waals surface area (Å²) in [6.07, 6.45) is 1.44. The van der Waals surface area contributed by atoms with Crippen LogP contribution < -0.4 is 16.0 Å². The molecule has 0 radical (unpaired) electrons. The maximum atomic E-state index is 11.7. The zero-order valence-corrected chi connectivity index (χ0v) is 10.5. The van der Waals surface area contributed by atoms with E-state index in [4.69, 9.17) is 5.73 Å². The highest BCUT2D eigenvalue weighted by atomic mass is 32.2. The predicted octanol–water partition coefficient (Wildman–Crippen LogP) is -0.762. The van der Waals surface area contributed by atoms with E-state index in [2.05, 4.69) is 22.6 Å². The van der Waals surface area contributed by atoms with Crippen molar-refractivity contribution in [3.8, 4) is 0 Å². The average Bonchev–Trinajstić information content (AvgIpc) is 2.57. The second-order valence-electron chi connectivity index (χ2n) is 3.01. The number of thiocarbonyl (C=S) groups is 1. The first-order valence-electron chi connectivity index (χ1n) is 4.48. The Morgan fingerprint density at radius 3 is 2.75 bits per heavy atom. The van der Waals surface area contributed by atoms with Gasteiger partial charge in [-0.05, 0) is 26.1 Å². The highest BCUT2D eigenvalue weighted by Gasteiger charge is 2.18. The van der Waals surface area contributed by atoms with Crippen molar-refractivity contribution < 1.29 is 8.42 Å². The molecule has 0 atom stereocenters. The second-order valence-corrected chi connectivity index (χ2v) is 5.08. The maximum absolute atomic E-state index is 11.7. The molecular formula is C7H13N5O2S2. The zero-order valence-electron chi connectivity index (χ0n) is 8.89. The van der Waals surface area contributed by atoms with Crippen LogP contribution in [-0.2, 0) is 16.6 Å². The molecule has 16 heavy (non-hydrogen) atoms. The molecule has 0 fully saturated rings. The topological polar surface area (TPSA) is 102 Å². The number of aromatic nitrogens is 2. The number of hydrazine groups is 1. The lowest BCUT2D eigenvalue weighted by atomic mass is 10.6. The molecule has 9 heteroatoms. The first kappa shape index (κ1) is 12.9. The van der Waals surface area contributed by atoms with Gasteiger partial charge >= 0.3 is 0 Å². The first-order chi connectivity index (χ1) is 7.36. The Hall–Kier alpha value is -1.19. The van der Waals surface area contributed by atoms with Crippen molar-refractivity contribution in [2.75, 3.05) is 0 Å². The highest BCUT2D eigenvalue weighted by molar-refractivity contribution is 7.89. The smallest absolute Gasteiger partial charge is 0.276 e. The van der Waals surface area contributed by atoms with Crippen LogP contribution in [0.5, 0.6) is 0 Å². The quantitative estimate of drug-likeness (QED) is 0.487. The van der Waals surface area contributed by atoms with Gasteiger partial charge in [0.05, 0.1) is 0 Å². The van der Waals surface area contributed by atoms with Crippen molar-refractivity contribution in [2.45, 2.75) is 25.4 Å². The minimum atomic E-state index is -3.73. The molecule has 7 nitrogen and oxygen atoms in total. The van der Waals surface area contributed by atoms with Crippen molar-refractivity contribution in [1.29, 1.82) is 0 Å². The molecule has 0 spiro atoms. The van der Waals surface area contributed by atoms with Crippen LogP contribution in [-0.4, -0.2) is 23.1 Å². The van der Waals surface area contributed by atoms with Crippen molar-refractivity contribution in [2.24, 2.45) is 5.73 Å². The Balaban J connectivity index is 2.94. The molecule has 0 amide bonds. The van der Waals surface area contributed by atoms with Gasteiger partial charge in [0.2, 0.25) is 0 Å². The third-order valence-electron chi connectivity index (χ3n) is 1.88. The van der Waals surface area contributed by atoms with E-state index in [1.165, 1.54) is 6.20 Å². The molecule has 1 aromatic rings. The van der Waals surface area contributed by atoms with Crippen LogP contribution in [0.2, 0.25) is 0 Å². The number of hydrogen-bond acceptors (Lipinski definition) is 4. The molecule has 0 aromatic carbocycles. The van der Waals surface area contributed by atoms with E-state index in [1.807, 2.05) is 11.8 Å². The summed E-state index contributed by atoms with van der Waals surface area (Å²) < 4.78 is 25.0. The van der Waals surface area contributed by atoms with Crippen molar-refractivity contribution in [3.63, 3.8) is 0 Å². The Bertz CT molecular complexity index is 493. The van der Waals surface area contributed by atoms with Crippen LogP contribution in [0.4, 0.5) is 0 Å². The third kappa shape index (κ3) is 2.90. The summed E-state index contributed by atoms with van der Waals surface area (Å²) in [6.45, 7) is 4.27. The SMILES string of the molecule is CCn1cc(S(=O)(=O)NNC(N)=S)nc1C. The number of hydrogen-bond donors (Lipinski definition) is 3. The van der Waals surface area contributed by atoms with Gasteiger partial charge in [0.25, 0.3) is 10.0 Å². The van der Waals surface area contributed by atoms with Crippen molar-refractivity contribution in [1.82, 2.24) is 19.8 Å². The molecule has 0 saturated carbocycles. The number of imidazole rings is 1. The molecular weight excluding hydrogens is 250 g/mol. The van der Waals surface area contributed by atoms with Crippen LogP contribution in [0.25, 0.3) is 0 Å². The lowest BCUT2D eigenvalue weighted by Crippen LogP contribution is -2.44. The number of nitrogens with one attached hydrogen (secondary N) is 2. The maximum Gasteiger partial charge on any atom is 0.276 e. The normalized spacial score (nSPS) is 11.4. The summed E-state index contributed by atoms with van der Waals surface area (Å²) in [5.74, 6) is 0.623. The summed E-state index contributed by atoms with van der Waals surface area (Å²) in [4.78, 5) is 5.94. The average molecular weight is 263 g/mol. The number of rotatable bonds is 4. The van der Waals surface area contributed by atoms with E-state index in [-0.39, 0.29) is 10.1 Å². The van der Waals surface area contributed by atoms with Crippen LogP contribution in [0, 0.1) is 6.92 Å². The van der Waals surface area contributed by atoms with Gasteiger partial charge in [-0.1, -0.05) is 0 Å². The van der Waals surface area contributed by atoms with E-state index in [1.54, 1.807) is 11.5 Å². The lowest BCUT2D eigenvalue weighted by Gasteiger charge is -2.04. The van der Waals surface area contributed by atoms with Gasteiger partial charge in [-0.25, -0.2) is 13.4 Å². The zero-order chi connectivity index (χ0) is 12.3. The van der Waals surface area contributed by atoms with Gasteiger partial charge in [-0.2, -0.15) is 0 Å². The lowest BCUT2D eigenvalue weighted by molar-refractivity contribution is 0.574. The predicted molar refractivity (Wildman–Crippen MR) is 62.9 cm³/mol. The Morgan fingerprint density at radius 1 is 1.69 bits per heavy atom. The van der Waals surface area contributed by atoms with E-state index >= 15 is 0 Å². The van der Waals surface area contributed by atoms with Crippen LogP contribution in [0.15, 0.2) is 11.2 Å². The minimum Gasteiger partial charge on any atom is -0.375 e. The molecule has 90 valence electrons. The summed E-state index contributed by atoms with van der Waals surface area (Å²) in [7, 11) is -3.73. The molecule has 0 saturated heterocycles. The van der Waals surface area contributed by atoms with E-state index < -0.39 is 10.0 Å². The van der Waals surface area contributed by atoms with Crippen molar-refractivity contribution in [3.05, 3.63) is 12.0 Å². The largest absolute Gasteiger partial charge is 0.375 e. The number of nitrogens with zero attached hydrogens (tertiary/aromatic N) is 2. The number of nitrogens with two attached hydrogens (primary N) is 1. The molecule has 1 heterocycles. The molecule has 4 N–H and O–H groups in total. The molecule has 0 bridgehead atoms. The Morgan fingerprint density at radius 2 is 2.31 bits per heavy atom. The summed E-state index contributed by atoms with van der Waals surface area (Å²) in [5, 5.41) is -0.231. The summed E-state index contributed by atoms with van der Waals surface area (Å²) in [5.41, 5.74) is 7.26. The van der Waals surface area contributed by atoms with Gasteiger partial charge in [0, 0.05) is 12.7 Å². The highest BCUT2D eigenvalue weighted by Crippen LogP contribution is 2.07. The fourth-order valence-electron chi connectivity index (χ4n) is 1.10. The van der Waals surface area contributed by atoms with Gasteiger partial charge < -0.3 is 10.3 Å². The minimum absolute atomic E-state index is 0.0735. The monoisotopic (exact) mass is 263 g/mol. The van der Waals surface area contributed by atoms with E-state index in [0.29, 0.717) is 12.4 Å². The molecule has 1 aromatic heterocycles. The van der Waals surface area contributed by atoms with Gasteiger partial charge in [-0.15, -0.1) is 4.83 Å². The summed E-state index contributed by atoms with van der Waals surface area (Å²) in [6, 6.07) is 0. The van der Waals surface area contributed by atoms with Crippen LogP contribution in [0.3, 0.4) is 0 Å². The molecule has 0 aliphatic carbocycles. The van der Waals surface area contributed by atoms with Crippen LogP contribution >= 0.6 is 12.2 Å². The molecule has 1 rings (SSSR count). The second kappa shape index (κ2) is 4.76. The van der Waals surface area contributed by atoms with Crippen molar-refractivity contribution >= 4 is 27.4 Å². The van der Waals surface area contributed by atoms with E-state index in [0.717, 1.165) is 0 Å². The van der Waals surface area contributed by atoms with Gasteiger partial charge in [0.1, 0.15) is 5.82 Å². The third-order valence-corrected chi connectivity index (χ3v) is 3.10. The number of aryl methyl sites for hydroxylation is 2. The molecule has 0 aliphatic heterocycles. The van der Waals surface area contributed by atoms with Crippen LogP contribution in [0.1, 0.15) is 12.7 Å². The Kier molecular flexibility index (Phi) is 3.83.